The normalized spacial score (nSPS) is 10.6. The molecule has 0 fully saturated rings. The van der Waals surface area contributed by atoms with Crippen LogP contribution in [0.15, 0.2) is 66.9 Å². The number of amides is 3. The van der Waals surface area contributed by atoms with Gasteiger partial charge in [0.25, 0.3) is 5.91 Å². The molecule has 0 radical (unpaired) electrons. The second kappa shape index (κ2) is 10.6. The third kappa shape index (κ3) is 5.60. The van der Waals surface area contributed by atoms with E-state index in [-0.39, 0.29) is 11.4 Å². The Morgan fingerprint density at radius 2 is 1.80 bits per heavy atom. The predicted octanol–water partition coefficient (Wildman–Crippen LogP) is 5.85. The molecule has 4 aromatic rings. The predicted molar refractivity (Wildman–Crippen MR) is 140 cm³/mol. The number of pyridine rings is 1. The van der Waals surface area contributed by atoms with Crippen molar-refractivity contribution in [3.63, 3.8) is 0 Å². The van der Waals surface area contributed by atoms with Gasteiger partial charge in [-0.2, -0.15) is 0 Å². The number of aromatic nitrogens is 1. The number of hydrogen-bond donors (Lipinski definition) is 3. The van der Waals surface area contributed by atoms with E-state index in [1.54, 1.807) is 36.5 Å². The van der Waals surface area contributed by atoms with Crippen molar-refractivity contribution in [2.24, 2.45) is 5.73 Å². The Bertz CT molecular complexity index is 1410. The van der Waals surface area contributed by atoms with Gasteiger partial charge in [0.1, 0.15) is 23.1 Å². The number of fused-ring (bicyclic) bond motifs is 1. The Labute approximate surface area is 213 Å². The Morgan fingerprint density at radius 3 is 2.49 bits per heavy atom. The highest BCUT2D eigenvalue weighted by molar-refractivity contribution is 14.1. The number of nitrogens with two attached hydrogens (primary N) is 1. The summed E-state index contributed by atoms with van der Waals surface area (Å²) in [5.74, 6) is 0.335. The molecule has 0 unspecified atom stereocenters. The van der Waals surface area contributed by atoms with Crippen molar-refractivity contribution < 1.29 is 23.5 Å². The maximum atomic E-state index is 13.1. The van der Waals surface area contributed by atoms with Crippen molar-refractivity contribution in [2.45, 2.75) is 4.43 Å². The molecule has 0 bridgehead atoms. The second-order valence-electron chi connectivity index (χ2n) is 7.38. The number of alkyl halides is 1. The molecular formula is C25H20FIN4O4. The maximum absolute atomic E-state index is 13.1. The third-order valence-electron chi connectivity index (χ3n) is 5.09. The Hall–Kier alpha value is -3.93. The van der Waals surface area contributed by atoms with Crippen LogP contribution >= 0.6 is 22.6 Å². The van der Waals surface area contributed by atoms with E-state index in [1.165, 1.54) is 31.4 Å². The number of carbonyl (C=O) groups is 2. The fourth-order valence-electron chi connectivity index (χ4n) is 3.41. The Kier molecular flexibility index (Phi) is 7.30. The van der Waals surface area contributed by atoms with Gasteiger partial charge in [0.05, 0.1) is 18.2 Å². The van der Waals surface area contributed by atoms with Crippen molar-refractivity contribution in [2.75, 3.05) is 17.7 Å². The highest BCUT2D eigenvalue weighted by Crippen LogP contribution is 2.34. The average molecular weight is 586 g/mol. The van der Waals surface area contributed by atoms with E-state index < -0.39 is 11.9 Å². The third-order valence-corrected chi connectivity index (χ3v) is 5.91. The largest absolute Gasteiger partial charge is 0.496 e. The fourth-order valence-corrected chi connectivity index (χ4v) is 4.04. The van der Waals surface area contributed by atoms with Crippen molar-refractivity contribution >= 4 is 56.8 Å². The number of carbonyl (C=O) groups excluding carboxylic acids is 2. The first kappa shape index (κ1) is 24.2. The molecule has 0 aliphatic heterocycles. The van der Waals surface area contributed by atoms with Crippen LogP contribution in [-0.4, -0.2) is 24.0 Å². The van der Waals surface area contributed by atoms with Gasteiger partial charge in [0.15, 0.2) is 0 Å². The number of hydrogen-bond acceptors (Lipinski definition) is 5. The molecule has 1 aromatic heterocycles. The zero-order valence-electron chi connectivity index (χ0n) is 18.5. The van der Waals surface area contributed by atoms with Crippen LogP contribution in [-0.2, 0) is 4.43 Å². The van der Waals surface area contributed by atoms with E-state index in [0.717, 1.165) is 5.56 Å². The van der Waals surface area contributed by atoms with Gasteiger partial charge in [-0.25, -0.2) is 9.18 Å². The average Bonchev–Trinajstić information content (AvgIpc) is 2.85. The lowest BCUT2D eigenvalue weighted by atomic mass is 10.1. The molecule has 4 rings (SSSR count). The Morgan fingerprint density at radius 1 is 1.03 bits per heavy atom. The number of anilines is 2. The van der Waals surface area contributed by atoms with E-state index in [9.17, 15) is 14.0 Å². The highest BCUT2D eigenvalue weighted by Gasteiger charge is 2.15. The first-order chi connectivity index (χ1) is 16.9. The smallest absolute Gasteiger partial charge is 0.323 e. The van der Waals surface area contributed by atoms with E-state index in [0.29, 0.717) is 44.0 Å². The summed E-state index contributed by atoms with van der Waals surface area (Å²) in [5.41, 5.74) is 8.20. The standard InChI is InChI=1S/C25H20FIN4O4/c1-34-23-12-21-18(11-19(23)24(28)32)22(8-9-29-21)35-17-6-7-20(14(10-17)13-27)31-25(33)30-16-4-2-15(26)3-5-16/h2-12H,13H2,1H3,(H2,28,32)(H2,30,31,33). The number of ether oxygens (including phenoxy) is 2. The molecule has 0 spiro atoms. The van der Waals surface area contributed by atoms with E-state index in [1.807, 2.05) is 6.07 Å². The number of nitrogens with one attached hydrogen (secondary N) is 2. The quantitative estimate of drug-likeness (QED) is 0.186. The maximum Gasteiger partial charge on any atom is 0.323 e. The second-order valence-corrected chi connectivity index (χ2v) is 8.15. The fraction of sp³-hybridized carbons (Fsp3) is 0.0800. The molecule has 4 N–H and O–H groups in total. The van der Waals surface area contributed by atoms with Crippen molar-refractivity contribution in [1.82, 2.24) is 4.98 Å². The zero-order chi connectivity index (χ0) is 24.9. The summed E-state index contributed by atoms with van der Waals surface area (Å²) in [5, 5.41) is 6.06. The molecule has 3 aromatic carbocycles. The van der Waals surface area contributed by atoms with E-state index >= 15 is 0 Å². The molecule has 0 saturated carbocycles. The number of rotatable bonds is 7. The number of primary amides is 1. The summed E-state index contributed by atoms with van der Waals surface area (Å²) in [6.07, 6.45) is 1.59. The number of methoxy groups -OCH3 is 1. The summed E-state index contributed by atoms with van der Waals surface area (Å²) >= 11 is 2.19. The van der Waals surface area contributed by atoms with Crippen LogP contribution in [0, 0.1) is 5.82 Å². The summed E-state index contributed by atoms with van der Waals surface area (Å²) in [7, 11) is 1.45. The highest BCUT2D eigenvalue weighted by atomic mass is 127. The molecule has 0 saturated heterocycles. The van der Waals surface area contributed by atoms with E-state index in [4.69, 9.17) is 15.2 Å². The lowest BCUT2D eigenvalue weighted by molar-refractivity contribution is 0.0997. The molecule has 1 heterocycles. The van der Waals surface area contributed by atoms with Crippen LogP contribution in [0.1, 0.15) is 15.9 Å². The summed E-state index contributed by atoms with van der Waals surface area (Å²) < 4.78 is 25.0. The molecule has 35 heavy (non-hydrogen) atoms. The van der Waals surface area contributed by atoms with Crippen LogP contribution in [0.3, 0.4) is 0 Å². The van der Waals surface area contributed by atoms with Gasteiger partial charge in [-0.05, 0) is 60.2 Å². The van der Waals surface area contributed by atoms with Gasteiger partial charge in [-0.1, -0.05) is 22.6 Å². The van der Waals surface area contributed by atoms with Gasteiger partial charge in [-0.3, -0.25) is 9.78 Å². The lowest BCUT2D eigenvalue weighted by Gasteiger charge is -2.14. The minimum Gasteiger partial charge on any atom is -0.496 e. The number of benzene rings is 3. The van der Waals surface area contributed by atoms with Crippen LogP contribution in [0.25, 0.3) is 10.9 Å². The number of urea groups is 1. The molecule has 178 valence electrons. The van der Waals surface area contributed by atoms with Gasteiger partial charge >= 0.3 is 6.03 Å². The van der Waals surface area contributed by atoms with Gasteiger partial charge in [0.2, 0.25) is 0 Å². The van der Waals surface area contributed by atoms with Crippen molar-refractivity contribution in [3.8, 4) is 17.2 Å². The molecule has 3 amide bonds. The van der Waals surface area contributed by atoms with Crippen molar-refractivity contribution in [1.29, 1.82) is 0 Å². The van der Waals surface area contributed by atoms with E-state index in [2.05, 4.69) is 38.2 Å². The lowest BCUT2D eigenvalue weighted by Crippen LogP contribution is -2.20. The molecular weight excluding hydrogens is 566 g/mol. The minimum absolute atomic E-state index is 0.220. The van der Waals surface area contributed by atoms with Crippen LogP contribution < -0.4 is 25.8 Å². The monoisotopic (exact) mass is 586 g/mol. The minimum atomic E-state index is -0.625. The number of nitrogens with zero attached hydrogens (tertiary/aromatic N) is 1. The molecule has 0 aliphatic carbocycles. The topological polar surface area (TPSA) is 116 Å². The van der Waals surface area contributed by atoms with Crippen LogP contribution in [0.4, 0.5) is 20.6 Å². The SMILES string of the molecule is COc1cc2nccc(Oc3ccc(NC(=O)Nc4ccc(F)cc4)c(CI)c3)c2cc1C(N)=O. The Balaban J connectivity index is 1.57. The van der Waals surface area contributed by atoms with Gasteiger partial charge in [-0.15, -0.1) is 0 Å². The van der Waals surface area contributed by atoms with Crippen molar-refractivity contribution in [3.05, 3.63) is 83.8 Å². The van der Waals surface area contributed by atoms with Crippen LogP contribution in [0.2, 0.25) is 0 Å². The van der Waals surface area contributed by atoms with Crippen LogP contribution in [0.5, 0.6) is 17.2 Å². The molecule has 0 atom stereocenters. The molecule has 10 heteroatoms. The zero-order valence-corrected chi connectivity index (χ0v) is 20.6. The van der Waals surface area contributed by atoms with Gasteiger partial charge in [0, 0.05) is 33.5 Å². The summed E-state index contributed by atoms with van der Waals surface area (Å²) in [6.45, 7) is 0. The molecule has 8 nitrogen and oxygen atoms in total. The number of halogens is 2. The first-order valence-electron chi connectivity index (χ1n) is 10.3. The first-order valence-corrected chi connectivity index (χ1v) is 11.9. The molecule has 0 aliphatic rings. The van der Waals surface area contributed by atoms with Gasteiger partial charge < -0.3 is 25.8 Å². The summed E-state index contributed by atoms with van der Waals surface area (Å²) in [4.78, 5) is 28.6. The summed E-state index contributed by atoms with van der Waals surface area (Å²) in [6, 6.07) is 15.2.